The zero-order valence-electron chi connectivity index (χ0n) is 10.3. The zero-order chi connectivity index (χ0) is 12.3. The molecule has 2 rings (SSSR count). The summed E-state index contributed by atoms with van der Waals surface area (Å²) < 4.78 is 0. The lowest BCUT2D eigenvalue weighted by atomic mass is 9.83. The summed E-state index contributed by atoms with van der Waals surface area (Å²) in [6.45, 7) is 0. The number of aliphatic carboxylic acids is 1. The third-order valence-electron chi connectivity index (χ3n) is 4.49. The van der Waals surface area contributed by atoms with Crippen molar-refractivity contribution in [2.24, 2.45) is 23.5 Å². The molecule has 17 heavy (non-hydrogen) atoms. The van der Waals surface area contributed by atoms with E-state index in [-0.39, 0.29) is 6.42 Å². The van der Waals surface area contributed by atoms with Crippen LogP contribution in [0.4, 0.5) is 0 Å². The molecule has 2 bridgehead atoms. The Balaban J connectivity index is 1.65. The Morgan fingerprint density at radius 3 is 2.71 bits per heavy atom. The highest BCUT2D eigenvalue weighted by Gasteiger charge is 2.44. The van der Waals surface area contributed by atoms with Gasteiger partial charge in [-0.2, -0.15) is 0 Å². The number of carboxylic acid groups (broad SMARTS) is 1. The van der Waals surface area contributed by atoms with Gasteiger partial charge in [0.25, 0.3) is 0 Å². The van der Waals surface area contributed by atoms with E-state index >= 15 is 0 Å². The summed E-state index contributed by atoms with van der Waals surface area (Å²) in [5, 5.41) is 8.51. The van der Waals surface area contributed by atoms with Gasteiger partial charge in [0.1, 0.15) is 0 Å². The van der Waals surface area contributed by atoms with E-state index in [4.69, 9.17) is 10.8 Å². The fourth-order valence-electron chi connectivity index (χ4n) is 3.55. The second kappa shape index (κ2) is 5.67. The van der Waals surface area contributed by atoms with Crippen LogP contribution in [0.3, 0.4) is 0 Å². The molecular formula is C14H23NO2. The second-order valence-corrected chi connectivity index (χ2v) is 5.57. The predicted molar refractivity (Wildman–Crippen MR) is 67.5 cm³/mol. The van der Waals surface area contributed by atoms with Crippen LogP contribution in [0, 0.1) is 17.8 Å². The van der Waals surface area contributed by atoms with Crippen LogP contribution in [-0.2, 0) is 4.79 Å². The summed E-state index contributed by atoms with van der Waals surface area (Å²) in [4.78, 5) is 10.3. The van der Waals surface area contributed by atoms with Crippen molar-refractivity contribution in [3.63, 3.8) is 0 Å². The number of nitrogens with two attached hydrogens (primary N) is 1. The van der Waals surface area contributed by atoms with Crippen molar-refractivity contribution in [1.29, 1.82) is 0 Å². The number of carboxylic acids is 1. The predicted octanol–water partition coefficient (Wildman–Crippen LogP) is 2.56. The quantitative estimate of drug-likeness (QED) is 0.551. The highest BCUT2D eigenvalue weighted by atomic mass is 16.4. The molecule has 4 atom stereocenters. The molecule has 3 N–H and O–H groups in total. The van der Waals surface area contributed by atoms with Crippen molar-refractivity contribution in [1.82, 2.24) is 0 Å². The minimum atomic E-state index is -0.700. The molecule has 0 aromatic rings. The van der Waals surface area contributed by atoms with Crippen molar-refractivity contribution in [3.05, 3.63) is 12.2 Å². The molecule has 0 amide bonds. The van der Waals surface area contributed by atoms with E-state index in [9.17, 15) is 4.79 Å². The minimum absolute atomic E-state index is 0.276. The van der Waals surface area contributed by atoms with Gasteiger partial charge in [-0.1, -0.05) is 12.2 Å². The molecule has 0 aromatic heterocycles. The monoisotopic (exact) mass is 237 g/mol. The number of allylic oxidation sites excluding steroid dienone is 2. The van der Waals surface area contributed by atoms with E-state index in [2.05, 4.69) is 12.2 Å². The first kappa shape index (κ1) is 12.6. The van der Waals surface area contributed by atoms with Crippen molar-refractivity contribution < 1.29 is 9.90 Å². The van der Waals surface area contributed by atoms with Crippen LogP contribution in [0.2, 0.25) is 0 Å². The van der Waals surface area contributed by atoms with Crippen LogP contribution in [0.5, 0.6) is 0 Å². The second-order valence-electron chi connectivity index (χ2n) is 5.57. The number of hydrogen-bond donors (Lipinski definition) is 2. The van der Waals surface area contributed by atoms with Crippen LogP contribution in [0.15, 0.2) is 12.2 Å². The number of unbranched alkanes of at least 4 members (excludes halogenated alkanes) is 1. The molecule has 96 valence electrons. The van der Waals surface area contributed by atoms with Gasteiger partial charge < -0.3 is 10.8 Å². The van der Waals surface area contributed by atoms with Crippen molar-refractivity contribution >= 4 is 5.97 Å². The SMILES string of the molecule is NC1C2CCC(C2)C1C/C=C\CCCC(=O)O. The van der Waals surface area contributed by atoms with Gasteiger partial charge in [0.15, 0.2) is 0 Å². The molecular weight excluding hydrogens is 214 g/mol. The van der Waals surface area contributed by atoms with Gasteiger partial charge in [0, 0.05) is 12.5 Å². The average molecular weight is 237 g/mol. The van der Waals surface area contributed by atoms with E-state index in [0.717, 1.165) is 31.1 Å². The van der Waals surface area contributed by atoms with Crippen molar-refractivity contribution in [2.45, 2.75) is 51.0 Å². The molecule has 2 aliphatic carbocycles. The zero-order valence-corrected chi connectivity index (χ0v) is 10.3. The molecule has 0 saturated heterocycles. The fraction of sp³-hybridized carbons (Fsp3) is 0.786. The molecule has 3 heteroatoms. The normalized spacial score (nSPS) is 35.8. The summed E-state index contributed by atoms with van der Waals surface area (Å²) in [6.07, 6.45) is 11.4. The number of fused-ring (bicyclic) bond motifs is 2. The Morgan fingerprint density at radius 2 is 2.06 bits per heavy atom. The van der Waals surface area contributed by atoms with Crippen LogP contribution in [0.25, 0.3) is 0 Å². The average Bonchev–Trinajstić information content (AvgIpc) is 2.85. The highest BCUT2D eigenvalue weighted by Crippen LogP contribution is 2.48. The van der Waals surface area contributed by atoms with E-state index in [1.54, 1.807) is 0 Å². The van der Waals surface area contributed by atoms with Gasteiger partial charge >= 0.3 is 5.97 Å². The van der Waals surface area contributed by atoms with E-state index in [0.29, 0.717) is 12.0 Å². The van der Waals surface area contributed by atoms with Crippen molar-refractivity contribution in [2.75, 3.05) is 0 Å². The summed E-state index contributed by atoms with van der Waals surface area (Å²) in [5.74, 6) is 1.63. The fourth-order valence-corrected chi connectivity index (χ4v) is 3.55. The lowest BCUT2D eigenvalue weighted by Crippen LogP contribution is -2.35. The third kappa shape index (κ3) is 3.09. The Kier molecular flexibility index (Phi) is 4.21. The maximum Gasteiger partial charge on any atom is 0.303 e. The molecule has 0 spiro atoms. The van der Waals surface area contributed by atoms with Gasteiger partial charge in [-0.3, -0.25) is 4.79 Å². The number of carbonyl (C=O) groups is 1. The molecule has 4 unspecified atom stereocenters. The standard InChI is InChI=1S/C14H23NO2/c15-14-11-8-7-10(9-11)12(14)5-3-1-2-4-6-13(16)17/h1,3,10-12,14H,2,4-9,15H2,(H,16,17)/b3-1-. The maximum atomic E-state index is 10.3. The molecule has 0 aliphatic heterocycles. The lowest BCUT2D eigenvalue weighted by Gasteiger charge is -2.27. The van der Waals surface area contributed by atoms with Gasteiger partial charge in [-0.15, -0.1) is 0 Å². The molecule has 0 aromatic carbocycles. The Labute approximate surface area is 103 Å². The Bertz CT molecular complexity index is 299. The summed E-state index contributed by atoms with van der Waals surface area (Å²) >= 11 is 0. The van der Waals surface area contributed by atoms with E-state index in [1.807, 2.05) is 0 Å². The summed E-state index contributed by atoms with van der Waals surface area (Å²) in [7, 11) is 0. The summed E-state index contributed by atoms with van der Waals surface area (Å²) in [6, 6.07) is 0.414. The molecule has 0 heterocycles. The number of rotatable bonds is 6. The number of hydrogen-bond acceptors (Lipinski definition) is 2. The topological polar surface area (TPSA) is 63.3 Å². The molecule has 3 nitrogen and oxygen atoms in total. The summed E-state index contributed by atoms with van der Waals surface area (Å²) in [5.41, 5.74) is 6.23. The van der Waals surface area contributed by atoms with Gasteiger partial charge in [-0.25, -0.2) is 0 Å². The smallest absolute Gasteiger partial charge is 0.303 e. The van der Waals surface area contributed by atoms with Crippen LogP contribution < -0.4 is 5.73 Å². The van der Waals surface area contributed by atoms with Crippen LogP contribution in [-0.4, -0.2) is 17.1 Å². The van der Waals surface area contributed by atoms with Gasteiger partial charge in [-0.05, 0) is 56.3 Å². The van der Waals surface area contributed by atoms with E-state index < -0.39 is 5.97 Å². The maximum absolute atomic E-state index is 10.3. The Hall–Kier alpha value is -0.830. The third-order valence-corrected chi connectivity index (χ3v) is 4.49. The molecule has 2 saturated carbocycles. The first-order valence-electron chi connectivity index (χ1n) is 6.81. The van der Waals surface area contributed by atoms with Gasteiger partial charge in [0.05, 0.1) is 0 Å². The van der Waals surface area contributed by atoms with Crippen LogP contribution >= 0.6 is 0 Å². The van der Waals surface area contributed by atoms with Gasteiger partial charge in [0.2, 0.25) is 0 Å². The largest absolute Gasteiger partial charge is 0.481 e. The van der Waals surface area contributed by atoms with Crippen molar-refractivity contribution in [3.8, 4) is 0 Å². The van der Waals surface area contributed by atoms with Crippen LogP contribution in [0.1, 0.15) is 44.9 Å². The lowest BCUT2D eigenvalue weighted by molar-refractivity contribution is -0.137. The molecule has 0 radical (unpaired) electrons. The molecule has 2 fully saturated rings. The molecule has 2 aliphatic rings. The Morgan fingerprint density at radius 1 is 1.29 bits per heavy atom. The first-order chi connectivity index (χ1) is 8.18. The van der Waals surface area contributed by atoms with E-state index in [1.165, 1.54) is 19.3 Å². The highest BCUT2D eigenvalue weighted by molar-refractivity contribution is 5.66. The minimum Gasteiger partial charge on any atom is -0.481 e. The first-order valence-corrected chi connectivity index (χ1v) is 6.81.